The van der Waals surface area contributed by atoms with Crippen molar-refractivity contribution in [1.82, 2.24) is 10.3 Å². The molecule has 0 spiro atoms. The fourth-order valence-corrected chi connectivity index (χ4v) is 2.45. The van der Waals surface area contributed by atoms with Gasteiger partial charge in [-0.05, 0) is 51.0 Å². The Hall–Kier alpha value is -1.10. The molecule has 0 radical (unpaired) electrons. The van der Waals surface area contributed by atoms with Gasteiger partial charge in [0.15, 0.2) is 0 Å². The summed E-state index contributed by atoms with van der Waals surface area (Å²) < 4.78 is 5.43. The Morgan fingerprint density at radius 2 is 2.00 bits per heavy atom. The van der Waals surface area contributed by atoms with Crippen LogP contribution in [0.4, 0.5) is 0 Å². The molecule has 1 aromatic carbocycles. The number of hydrogen-bond acceptors (Lipinski definition) is 4. The van der Waals surface area contributed by atoms with Gasteiger partial charge < -0.3 is 9.64 Å². The molecular formula is C16H29N3O. The van der Waals surface area contributed by atoms with Crippen LogP contribution in [0.15, 0.2) is 18.2 Å². The number of nitrogens with zero attached hydrogens (tertiary/aromatic N) is 1. The number of nitrogens with one attached hydrogen (secondary N) is 1. The molecule has 1 rings (SSSR count). The van der Waals surface area contributed by atoms with E-state index in [-0.39, 0.29) is 6.04 Å². The van der Waals surface area contributed by atoms with Crippen LogP contribution in [0, 0.1) is 6.92 Å². The van der Waals surface area contributed by atoms with Gasteiger partial charge in [0.2, 0.25) is 0 Å². The predicted octanol–water partition coefficient (Wildman–Crippen LogP) is 2.11. The van der Waals surface area contributed by atoms with Gasteiger partial charge in [-0.3, -0.25) is 11.3 Å². The molecule has 0 bridgehead atoms. The molecule has 0 saturated carbocycles. The summed E-state index contributed by atoms with van der Waals surface area (Å²) in [6.45, 7) is 9.72. The molecule has 0 aliphatic rings. The first-order valence-electron chi connectivity index (χ1n) is 7.46. The third kappa shape index (κ3) is 5.12. The quantitative estimate of drug-likeness (QED) is 0.537. The van der Waals surface area contributed by atoms with E-state index in [9.17, 15) is 0 Å². The maximum absolute atomic E-state index is 5.71. The van der Waals surface area contributed by atoms with Crippen LogP contribution in [0.1, 0.15) is 31.4 Å². The number of rotatable bonds is 9. The molecule has 114 valence electrons. The third-order valence-corrected chi connectivity index (χ3v) is 3.83. The molecule has 0 aliphatic heterocycles. The molecule has 0 fully saturated rings. The molecule has 0 aliphatic carbocycles. The van der Waals surface area contributed by atoms with Crippen molar-refractivity contribution < 1.29 is 4.74 Å². The number of hydrazine groups is 1. The molecule has 4 heteroatoms. The maximum atomic E-state index is 5.71. The van der Waals surface area contributed by atoms with Crippen LogP contribution >= 0.6 is 0 Å². The molecule has 0 heterocycles. The van der Waals surface area contributed by atoms with Crippen LogP contribution in [-0.4, -0.2) is 37.7 Å². The summed E-state index contributed by atoms with van der Waals surface area (Å²) in [4.78, 5) is 2.41. The second-order valence-corrected chi connectivity index (χ2v) is 5.20. The van der Waals surface area contributed by atoms with Gasteiger partial charge in [0.1, 0.15) is 5.75 Å². The van der Waals surface area contributed by atoms with Crippen LogP contribution in [0.25, 0.3) is 0 Å². The Kier molecular flexibility index (Phi) is 7.59. The average molecular weight is 279 g/mol. The average Bonchev–Trinajstić information content (AvgIpc) is 2.47. The summed E-state index contributed by atoms with van der Waals surface area (Å²) in [5.74, 6) is 6.65. The Balaban J connectivity index is 2.66. The summed E-state index contributed by atoms with van der Waals surface area (Å²) in [7, 11) is 1.72. The van der Waals surface area contributed by atoms with Gasteiger partial charge in [-0.15, -0.1) is 0 Å². The van der Waals surface area contributed by atoms with Gasteiger partial charge in [0, 0.05) is 6.04 Å². The molecule has 0 saturated heterocycles. The van der Waals surface area contributed by atoms with Crippen LogP contribution in [0.5, 0.6) is 5.75 Å². The van der Waals surface area contributed by atoms with Gasteiger partial charge in [0.05, 0.1) is 7.11 Å². The van der Waals surface area contributed by atoms with E-state index < -0.39 is 0 Å². The normalized spacial score (nSPS) is 12.7. The SMILES string of the molecule is CCN(CC)CCC(Cc1cc(C)ccc1OC)NN. The van der Waals surface area contributed by atoms with E-state index in [0.29, 0.717) is 0 Å². The second kappa shape index (κ2) is 8.95. The van der Waals surface area contributed by atoms with Gasteiger partial charge >= 0.3 is 0 Å². The number of benzene rings is 1. The predicted molar refractivity (Wildman–Crippen MR) is 85.0 cm³/mol. The number of methoxy groups -OCH3 is 1. The highest BCUT2D eigenvalue weighted by molar-refractivity contribution is 5.37. The molecule has 1 aromatic rings. The molecule has 0 aromatic heterocycles. The summed E-state index contributed by atoms with van der Waals surface area (Å²) >= 11 is 0. The lowest BCUT2D eigenvalue weighted by molar-refractivity contribution is 0.280. The number of nitrogens with two attached hydrogens (primary N) is 1. The number of aryl methyl sites for hydroxylation is 1. The minimum absolute atomic E-state index is 0.270. The Morgan fingerprint density at radius 1 is 1.30 bits per heavy atom. The van der Waals surface area contributed by atoms with Gasteiger partial charge in [-0.25, -0.2) is 0 Å². The van der Waals surface area contributed by atoms with Crippen LogP contribution in [-0.2, 0) is 6.42 Å². The van der Waals surface area contributed by atoms with Crippen LogP contribution in [0.2, 0.25) is 0 Å². The molecule has 20 heavy (non-hydrogen) atoms. The third-order valence-electron chi connectivity index (χ3n) is 3.83. The standard InChI is InChI=1S/C16H29N3O/c1-5-19(6-2)10-9-15(18-17)12-14-11-13(3)7-8-16(14)20-4/h7-8,11,15,18H,5-6,9-10,12,17H2,1-4H3. The second-order valence-electron chi connectivity index (χ2n) is 5.20. The molecule has 0 amide bonds. The van der Waals surface area contributed by atoms with E-state index >= 15 is 0 Å². The molecular weight excluding hydrogens is 250 g/mol. The highest BCUT2D eigenvalue weighted by Crippen LogP contribution is 2.21. The van der Waals surface area contributed by atoms with Crippen molar-refractivity contribution in [2.24, 2.45) is 5.84 Å². The lowest BCUT2D eigenvalue weighted by Crippen LogP contribution is -2.39. The number of ether oxygens (including phenoxy) is 1. The minimum atomic E-state index is 0.270. The molecule has 4 nitrogen and oxygen atoms in total. The van der Waals surface area contributed by atoms with Crippen molar-refractivity contribution in [2.45, 2.75) is 39.7 Å². The van der Waals surface area contributed by atoms with Gasteiger partial charge in [-0.2, -0.15) is 0 Å². The van der Waals surface area contributed by atoms with E-state index in [0.717, 1.165) is 38.2 Å². The monoisotopic (exact) mass is 279 g/mol. The van der Waals surface area contributed by atoms with Crippen molar-refractivity contribution >= 4 is 0 Å². The molecule has 1 unspecified atom stereocenters. The maximum Gasteiger partial charge on any atom is 0.122 e. The van der Waals surface area contributed by atoms with Crippen molar-refractivity contribution in [3.05, 3.63) is 29.3 Å². The Morgan fingerprint density at radius 3 is 2.55 bits per heavy atom. The first-order valence-corrected chi connectivity index (χ1v) is 7.46. The first kappa shape index (κ1) is 17.0. The zero-order valence-corrected chi connectivity index (χ0v) is 13.3. The number of hydrogen-bond donors (Lipinski definition) is 2. The fourth-order valence-electron chi connectivity index (χ4n) is 2.45. The van der Waals surface area contributed by atoms with E-state index in [4.69, 9.17) is 10.6 Å². The summed E-state index contributed by atoms with van der Waals surface area (Å²) in [6, 6.07) is 6.55. The van der Waals surface area contributed by atoms with Crippen molar-refractivity contribution in [3.63, 3.8) is 0 Å². The van der Waals surface area contributed by atoms with E-state index in [1.54, 1.807) is 7.11 Å². The van der Waals surface area contributed by atoms with Gasteiger partial charge in [-0.1, -0.05) is 31.5 Å². The van der Waals surface area contributed by atoms with E-state index in [2.05, 4.69) is 43.2 Å². The van der Waals surface area contributed by atoms with Crippen molar-refractivity contribution in [2.75, 3.05) is 26.7 Å². The topological polar surface area (TPSA) is 50.5 Å². The van der Waals surface area contributed by atoms with Gasteiger partial charge in [0.25, 0.3) is 0 Å². The fraction of sp³-hybridized carbons (Fsp3) is 0.625. The van der Waals surface area contributed by atoms with Crippen LogP contribution in [0.3, 0.4) is 0 Å². The van der Waals surface area contributed by atoms with E-state index in [1.807, 2.05) is 6.07 Å². The van der Waals surface area contributed by atoms with E-state index in [1.165, 1.54) is 11.1 Å². The summed E-state index contributed by atoms with van der Waals surface area (Å²) in [5, 5.41) is 0. The Labute approximate surface area is 123 Å². The lowest BCUT2D eigenvalue weighted by Gasteiger charge is -2.23. The lowest BCUT2D eigenvalue weighted by atomic mass is 10.0. The zero-order chi connectivity index (χ0) is 15.0. The van der Waals surface area contributed by atoms with Crippen molar-refractivity contribution in [1.29, 1.82) is 0 Å². The molecule has 1 atom stereocenters. The zero-order valence-electron chi connectivity index (χ0n) is 13.3. The highest BCUT2D eigenvalue weighted by atomic mass is 16.5. The highest BCUT2D eigenvalue weighted by Gasteiger charge is 2.13. The minimum Gasteiger partial charge on any atom is -0.496 e. The summed E-state index contributed by atoms with van der Waals surface area (Å²) in [5.41, 5.74) is 5.41. The van der Waals surface area contributed by atoms with Crippen LogP contribution < -0.4 is 16.0 Å². The Bertz CT molecular complexity index is 391. The summed E-state index contributed by atoms with van der Waals surface area (Å²) in [6.07, 6.45) is 1.93. The largest absolute Gasteiger partial charge is 0.496 e. The first-order chi connectivity index (χ1) is 9.64. The van der Waals surface area contributed by atoms with Crippen molar-refractivity contribution in [3.8, 4) is 5.75 Å². The smallest absolute Gasteiger partial charge is 0.122 e. The molecule has 3 N–H and O–H groups in total.